The van der Waals surface area contributed by atoms with Gasteiger partial charge in [0.2, 0.25) is 5.95 Å². The molecule has 1 fully saturated rings. The molecule has 28 heavy (non-hydrogen) atoms. The van der Waals surface area contributed by atoms with E-state index in [1.807, 2.05) is 22.9 Å². The number of nitrogens with zero attached hydrogens (tertiary/aromatic N) is 2. The summed E-state index contributed by atoms with van der Waals surface area (Å²) in [6.45, 7) is 0.729. The van der Waals surface area contributed by atoms with E-state index in [0.29, 0.717) is 27.9 Å². The number of H-pyrrole nitrogens is 1. The van der Waals surface area contributed by atoms with Crippen molar-refractivity contribution in [2.75, 3.05) is 5.32 Å². The fourth-order valence-corrected chi connectivity index (χ4v) is 3.63. The van der Waals surface area contributed by atoms with Crippen LogP contribution in [-0.4, -0.2) is 14.5 Å². The highest BCUT2D eigenvalue weighted by Gasteiger charge is 2.31. The lowest BCUT2D eigenvalue weighted by Gasteiger charge is -2.10. The van der Waals surface area contributed by atoms with E-state index in [4.69, 9.17) is 11.6 Å². The smallest absolute Gasteiger partial charge is 0.359 e. The lowest BCUT2D eigenvalue weighted by molar-refractivity contribution is -0.137. The van der Waals surface area contributed by atoms with E-state index < -0.39 is 11.7 Å². The minimum absolute atomic E-state index is 0.329. The van der Waals surface area contributed by atoms with E-state index in [1.54, 1.807) is 6.07 Å². The minimum atomic E-state index is -4.39. The first-order valence-electron chi connectivity index (χ1n) is 8.99. The van der Waals surface area contributed by atoms with E-state index in [9.17, 15) is 13.2 Å². The van der Waals surface area contributed by atoms with Crippen molar-refractivity contribution in [2.45, 2.75) is 25.6 Å². The summed E-state index contributed by atoms with van der Waals surface area (Å²) in [5.74, 6) is 1.07. The maximum Gasteiger partial charge on any atom is 0.416 e. The second-order valence-corrected chi connectivity index (χ2v) is 7.64. The van der Waals surface area contributed by atoms with Gasteiger partial charge in [0.1, 0.15) is 0 Å². The molecule has 4 aromatic rings. The predicted molar refractivity (Wildman–Crippen MR) is 104 cm³/mol. The monoisotopic (exact) mass is 404 g/mol. The van der Waals surface area contributed by atoms with Crippen molar-refractivity contribution in [1.82, 2.24) is 14.5 Å². The van der Waals surface area contributed by atoms with Crippen LogP contribution in [0.2, 0.25) is 5.02 Å². The molecular weight excluding hydrogens is 389 g/mol. The molecular formula is C20H16ClF3N4. The summed E-state index contributed by atoms with van der Waals surface area (Å²) >= 11 is 6.11. The molecule has 1 aliphatic carbocycles. The van der Waals surface area contributed by atoms with E-state index >= 15 is 0 Å². The summed E-state index contributed by atoms with van der Waals surface area (Å²) in [5.41, 5.74) is 2.02. The van der Waals surface area contributed by atoms with Gasteiger partial charge in [-0.05, 0) is 55.2 Å². The maximum atomic E-state index is 13.1. The summed E-state index contributed by atoms with van der Waals surface area (Å²) in [6, 6.07) is 9.24. The first-order chi connectivity index (χ1) is 13.4. The van der Waals surface area contributed by atoms with Crippen LogP contribution in [0.4, 0.5) is 24.8 Å². The first-order valence-corrected chi connectivity index (χ1v) is 9.37. The van der Waals surface area contributed by atoms with Crippen molar-refractivity contribution in [3.63, 3.8) is 0 Å². The molecule has 0 unspecified atom stereocenters. The molecule has 1 aliphatic rings. The third kappa shape index (κ3) is 3.09. The molecule has 0 radical (unpaired) electrons. The SMILES string of the molecule is FC(F)(F)c1ccc2c(c1)nc(Nc1c[nH]c3ccc(Cl)cc13)n2CC1CC1. The average Bonchev–Trinajstić information content (AvgIpc) is 3.29. The van der Waals surface area contributed by atoms with Crippen LogP contribution in [0.1, 0.15) is 18.4 Å². The molecule has 2 aromatic heterocycles. The Kier molecular flexibility index (Phi) is 3.84. The van der Waals surface area contributed by atoms with Gasteiger partial charge in [0.25, 0.3) is 0 Å². The van der Waals surface area contributed by atoms with Crippen LogP contribution >= 0.6 is 11.6 Å². The summed E-state index contributed by atoms with van der Waals surface area (Å²) in [5, 5.41) is 4.79. The number of rotatable bonds is 4. The van der Waals surface area contributed by atoms with Gasteiger partial charge in [-0.25, -0.2) is 4.98 Å². The van der Waals surface area contributed by atoms with Crippen molar-refractivity contribution in [1.29, 1.82) is 0 Å². The number of aromatic nitrogens is 3. The van der Waals surface area contributed by atoms with Crippen LogP contribution in [0.3, 0.4) is 0 Å². The van der Waals surface area contributed by atoms with Gasteiger partial charge in [0.05, 0.1) is 22.3 Å². The number of aromatic amines is 1. The number of hydrogen-bond acceptors (Lipinski definition) is 2. The van der Waals surface area contributed by atoms with Crippen LogP contribution in [0.25, 0.3) is 21.9 Å². The second-order valence-electron chi connectivity index (χ2n) is 7.21. The number of benzene rings is 2. The van der Waals surface area contributed by atoms with Crippen molar-refractivity contribution in [3.05, 3.63) is 53.2 Å². The highest BCUT2D eigenvalue weighted by atomic mass is 35.5. The highest BCUT2D eigenvalue weighted by molar-refractivity contribution is 6.31. The Morgan fingerprint density at radius 1 is 1.18 bits per heavy atom. The van der Waals surface area contributed by atoms with E-state index in [0.717, 1.165) is 48.1 Å². The zero-order chi connectivity index (χ0) is 19.5. The van der Waals surface area contributed by atoms with Crippen molar-refractivity contribution in [2.24, 2.45) is 5.92 Å². The zero-order valence-corrected chi connectivity index (χ0v) is 15.4. The molecule has 8 heteroatoms. The van der Waals surface area contributed by atoms with E-state index in [1.165, 1.54) is 6.07 Å². The number of alkyl halides is 3. The molecule has 1 saturated carbocycles. The molecule has 0 bridgehead atoms. The molecule has 4 nitrogen and oxygen atoms in total. The van der Waals surface area contributed by atoms with Crippen LogP contribution in [0.15, 0.2) is 42.6 Å². The average molecular weight is 405 g/mol. The predicted octanol–water partition coefficient (Wildman–Crippen LogP) is 6.34. The number of nitrogens with one attached hydrogen (secondary N) is 2. The first kappa shape index (κ1) is 17.4. The lowest BCUT2D eigenvalue weighted by Crippen LogP contribution is -2.06. The third-order valence-electron chi connectivity index (χ3n) is 5.10. The van der Waals surface area contributed by atoms with Gasteiger partial charge in [-0.15, -0.1) is 0 Å². The summed E-state index contributed by atoms with van der Waals surface area (Å²) in [7, 11) is 0. The van der Waals surface area contributed by atoms with Crippen molar-refractivity contribution < 1.29 is 13.2 Å². The second kappa shape index (κ2) is 6.17. The Bertz CT molecular complexity index is 1190. The molecule has 2 N–H and O–H groups in total. The molecule has 0 atom stereocenters. The quantitative estimate of drug-likeness (QED) is 0.416. The maximum absolute atomic E-state index is 13.1. The molecule has 2 heterocycles. The molecule has 0 saturated heterocycles. The molecule has 144 valence electrons. The summed E-state index contributed by atoms with van der Waals surface area (Å²) in [6.07, 6.45) is -0.330. The van der Waals surface area contributed by atoms with Crippen molar-refractivity contribution in [3.8, 4) is 0 Å². The van der Waals surface area contributed by atoms with Gasteiger partial charge in [0.15, 0.2) is 0 Å². The number of halogens is 4. The molecule has 0 aliphatic heterocycles. The number of hydrogen-bond donors (Lipinski definition) is 2. The fourth-order valence-electron chi connectivity index (χ4n) is 3.46. The number of anilines is 2. The zero-order valence-electron chi connectivity index (χ0n) is 14.6. The van der Waals surface area contributed by atoms with Crippen LogP contribution < -0.4 is 5.32 Å². The Balaban J connectivity index is 1.61. The summed E-state index contributed by atoms with van der Waals surface area (Å²) < 4.78 is 41.3. The van der Waals surface area contributed by atoms with Crippen LogP contribution in [0, 0.1) is 5.92 Å². The van der Waals surface area contributed by atoms with Gasteiger partial charge in [0, 0.05) is 28.7 Å². The molecule has 0 amide bonds. The van der Waals surface area contributed by atoms with Gasteiger partial charge in [-0.1, -0.05) is 11.6 Å². The fraction of sp³-hybridized carbons (Fsp3) is 0.250. The summed E-state index contributed by atoms with van der Waals surface area (Å²) in [4.78, 5) is 7.64. The largest absolute Gasteiger partial charge is 0.416 e. The Morgan fingerprint density at radius 2 is 2.00 bits per heavy atom. The minimum Gasteiger partial charge on any atom is -0.359 e. The lowest BCUT2D eigenvalue weighted by atomic mass is 10.2. The van der Waals surface area contributed by atoms with E-state index in [-0.39, 0.29) is 0 Å². The van der Waals surface area contributed by atoms with E-state index in [2.05, 4.69) is 15.3 Å². The normalized spacial score (nSPS) is 14.9. The molecule has 5 rings (SSSR count). The number of imidazole rings is 1. The van der Waals surface area contributed by atoms with Gasteiger partial charge in [-0.3, -0.25) is 0 Å². The van der Waals surface area contributed by atoms with Gasteiger partial charge in [-0.2, -0.15) is 13.2 Å². The topological polar surface area (TPSA) is 45.6 Å². The van der Waals surface area contributed by atoms with Crippen LogP contribution in [-0.2, 0) is 12.7 Å². The Morgan fingerprint density at radius 3 is 2.75 bits per heavy atom. The van der Waals surface area contributed by atoms with Gasteiger partial charge >= 0.3 is 6.18 Å². The Labute approximate surface area is 163 Å². The molecule has 0 spiro atoms. The molecule has 2 aromatic carbocycles. The van der Waals surface area contributed by atoms with Crippen LogP contribution in [0.5, 0.6) is 0 Å². The van der Waals surface area contributed by atoms with Gasteiger partial charge < -0.3 is 14.9 Å². The standard InChI is InChI=1S/C20H16ClF3N4/c21-13-4-5-15-14(8-13)17(9-25-15)27-19-26-16-7-12(20(22,23)24)3-6-18(16)28(19)10-11-1-2-11/h3-9,11,25H,1-2,10H2,(H,26,27). The highest BCUT2D eigenvalue weighted by Crippen LogP contribution is 2.37. The number of fused-ring (bicyclic) bond motifs is 2. The Hall–Kier alpha value is -2.67. The van der Waals surface area contributed by atoms with Crippen molar-refractivity contribution >= 4 is 45.2 Å². The third-order valence-corrected chi connectivity index (χ3v) is 5.34.